The molecule has 0 saturated carbocycles. The smallest absolute Gasteiger partial charge is 0.129 e. The van der Waals surface area contributed by atoms with E-state index in [1.165, 1.54) is 27.3 Å². The summed E-state index contributed by atoms with van der Waals surface area (Å²) in [6, 6.07) is 12.9. The molecule has 0 aliphatic heterocycles. The number of hydrogen-bond donors (Lipinski definition) is 0. The lowest BCUT2D eigenvalue weighted by atomic mass is 10.0. The number of allylic oxidation sites excluding steroid dienone is 3. The molecule has 0 aromatic heterocycles. The first-order chi connectivity index (χ1) is 12.7. The highest BCUT2D eigenvalue weighted by molar-refractivity contribution is 7.56. The monoisotopic (exact) mass is 363 g/mol. The van der Waals surface area contributed by atoms with Crippen LogP contribution in [-0.4, -0.2) is 19.9 Å². The number of aliphatic imine (C=N–C) groups is 1. The van der Waals surface area contributed by atoms with E-state index in [1.807, 2.05) is 13.3 Å². The second-order valence-electron chi connectivity index (χ2n) is 6.68. The summed E-state index contributed by atoms with van der Waals surface area (Å²) >= 11 is 0. The zero-order chi connectivity index (χ0) is 18.4. The summed E-state index contributed by atoms with van der Waals surface area (Å²) in [4.78, 5) is 4.20. The molecule has 3 heteroatoms. The van der Waals surface area contributed by atoms with Crippen molar-refractivity contribution in [3.8, 4) is 5.75 Å². The standard InChI is InChI=1S/C23H26NOP/c1-17-13-18(2)23(25-16-19-9-5-4-6-10-19)22(14-17)26-21-12-8-7-11-20(21)15-24-3/h4-9,11-15,19,26H,10,16H2,1-3H3. The number of benzene rings is 2. The summed E-state index contributed by atoms with van der Waals surface area (Å²) < 4.78 is 6.32. The number of nitrogens with zero attached hydrogens (tertiary/aromatic N) is 1. The molecule has 0 spiro atoms. The van der Waals surface area contributed by atoms with E-state index < -0.39 is 0 Å². The zero-order valence-electron chi connectivity index (χ0n) is 15.7. The molecule has 3 rings (SSSR count). The normalized spacial score (nSPS) is 16.8. The summed E-state index contributed by atoms with van der Waals surface area (Å²) in [5.74, 6) is 1.50. The average molecular weight is 363 g/mol. The third-order valence-corrected chi connectivity index (χ3v) is 5.79. The molecule has 2 nitrogen and oxygen atoms in total. The summed E-state index contributed by atoms with van der Waals surface area (Å²) in [6.07, 6.45) is 11.6. The first-order valence-electron chi connectivity index (χ1n) is 9.03. The van der Waals surface area contributed by atoms with Crippen molar-refractivity contribution in [2.45, 2.75) is 20.3 Å². The number of rotatable bonds is 6. The fourth-order valence-corrected chi connectivity index (χ4v) is 4.64. The maximum atomic E-state index is 6.32. The Hall–Kier alpha value is -2.18. The first kappa shape index (κ1) is 18.6. The lowest BCUT2D eigenvalue weighted by molar-refractivity contribution is 0.276. The van der Waals surface area contributed by atoms with Crippen LogP contribution in [0.5, 0.6) is 5.75 Å². The van der Waals surface area contributed by atoms with Gasteiger partial charge in [0.25, 0.3) is 0 Å². The Morgan fingerprint density at radius 2 is 2.00 bits per heavy atom. The molecule has 0 saturated heterocycles. The summed E-state index contributed by atoms with van der Waals surface area (Å²) in [5, 5.41) is 2.57. The van der Waals surface area contributed by atoms with Crippen LogP contribution in [0.15, 0.2) is 65.7 Å². The topological polar surface area (TPSA) is 21.6 Å². The van der Waals surface area contributed by atoms with E-state index in [-0.39, 0.29) is 0 Å². The Morgan fingerprint density at radius 3 is 2.77 bits per heavy atom. The average Bonchev–Trinajstić information content (AvgIpc) is 2.63. The quantitative estimate of drug-likeness (QED) is 0.547. The Balaban J connectivity index is 1.86. The van der Waals surface area contributed by atoms with Crippen LogP contribution in [0, 0.1) is 19.8 Å². The third-order valence-electron chi connectivity index (χ3n) is 4.43. The van der Waals surface area contributed by atoms with E-state index in [2.05, 4.69) is 79.5 Å². The van der Waals surface area contributed by atoms with E-state index >= 15 is 0 Å². The molecule has 0 N–H and O–H groups in total. The van der Waals surface area contributed by atoms with Gasteiger partial charge < -0.3 is 4.74 Å². The van der Waals surface area contributed by atoms with Crippen LogP contribution < -0.4 is 15.3 Å². The van der Waals surface area contributed by atoms with Gasteiger partial charge in [-0.1, -0.05) is 63.2 Å². The number of aryl methyl sites for hydroxylation is 2. The number of ether oxygens (including phenoxy) is 1. The van der Waals surface area contributed by atoms with Crippen LogP contribution in [0.3, 0.4) is 0 Å². The second kappa shape index (κ2) is 8.96. The van der Waals surface area contributed by atoms with Gasteiger partial charge in [0.2, 0.25) is 0 Å². The van der Waals surface area contributed by atoms with Gasteiger partial charge in [-0.15, -0.1) is 0 Å². The van der Waals surface area contributed by atoms with Crippen LogP contribution in [0.2, 0.25) is 0 Å². The van der Waals surface area contributed by atoms with E-state index in [0.717, 1.165) is 18.8 Å². The van der Waals surface area contributed by atoms with Gasteiger partial charge in [0.15, 0.2) is 0 Å². The maximum absolute atomic E-state index is 6.32. The summed E-state index contributed by atoms with van der Waals surface area (Å²) in [5.41, 5.74) is 3.67. The summed E-state index contributed by atoms with van der Waals surface area (Å²) in [6.45, 7) is 5.02. The molecule has 0 radical (unpaired) electrons. The molecule has 1 aliphatic carbocycles. The van der Waals surface area contributed by atoms with E-state index in [0.29, 0.717) is 14.5 Å². The second-order valence-corrected chi connectivity index (χ2v) is 8.01. The lowest BCUT2D eigenvalue weighted by Gasteiger charge is -2.19. The van der Waals surface area contributed by atoms with Crippen molar-refractivity contribution < 1.29 is 4.74 Å². The SMILES string of the molecule is CN=Cc1ccccc1Pc1cc(C)cc(C)c1OCC1C=CC=CC1. The third kappa shape index (κ3) is 4.71. The van der Waals surface area contributed by atoms with Crippen LogP contribution in [-0.2, 0) is 0 Å². The van der Waals surface area contributed by atoms with Crippen molar-refractivity contribution in [2.75, 3.05) is 13.7 Å². The van der Waals surface area contributed by atoms with Gasteiger partial charge >= 0.3 is 0 Å². The highest BCUT2D eigenvalue weighted by atomic mass is 31.1. The van der Waals surface area contributed by atoms with Crippen LogP contribution in [0.4, 0.5) is 0 Å². The van der Waals surface area contributed by atoms with Crippen molar-refractivity contribution in [1.82, 2.24) is 0 Å². The molecule has 0 heterocycles. The lowest BCUT2D eigenvalue weighted by Crippen LogP contribution is -2.17. The van der Waals surface area contributed by atoms with Gasteiger partial charge in [0.05, 0.1) is 6.61 Å². The number of hydrogen-bond acceptors (Lipinski definition) is 2. The Labute approximate surface area is 158 Å². The highest BCUT2D eigenvalue weighted by Crippen LogP contribution is 2.26. The van der Waals surface area contributed by atoms with Gasteiger partial charge in [-0.3, -0.25) is 4.99 Å². The molecule has 2 unspecified atom stereocenters. The molecule has 134 valence electrons. The Bertz CT molecular complexity index is 851. The summed E-state index contributed by atoms with van der Waals surface area (Å²) in [7, 11) is 2.36. The van der Waals surface area contributed by atoms with E-state index in [9.17, 15) is 0 Å². The first-order valence-corrected chi connectivity index (χ1v) is 10.0. The minimum atomic E-state index is 0.455. The van der Waals surface area contributed by atoms with Gasteiger partial charge in [-0.25, -0.2) is 0 Å². The van der Waals surface area contributed by atoms with Crippen LogP contribution >= 0.6 is 8.58 Å². The maximum Gasteiger partial charge on any atom is 0.129 e. The van der Waals surface area contributed by atoms with Gasteiger partial charge in [-0.2, -0.15) is 0 Å². The van der Waals surface area contributed by atoms with Crippen molar-refractivity contribution in [1.29, 1.82) is 0 Å². The molecule has 2 atom stereocenters. The molecule has 0 amide bonds. The Morgan fingerprint density at radius 1 is 1.15 bits per heavy atom. The fourth-order valence-electron chi connectivity index (χ4n) is 3.19. The molecule has 0 fully saturated rings. The van der Waals surface area contributed by atoms with Gasteiger partial charge in [0.1, 0.15) is 5.75 Å². The van der Waals surface area contributed by atoms with Gasteiger partial charge in [-0.05, 0) is 48.3 Å². The molecule has 2 aromatic carbocycles. The molecule has 0 bridgehead atoms. The van der Waals surface area contributed by atoms with Gasteiger partial charge in [0, 0.05) is 24.5 Å². The van der Waals surface area contributed by atoms with E-state index in [1.54, 1.807) is 0 Å². The van der Waals surface area contributed by atoms with Crippen LogP contribution in [0.1, 0.15) is 23.1 Å². The van der Waals surface area contributed by atoms with Crippen molar-refractivity contribution in [2.24, 2.45) is 10.9 Å². The molecular weight excluding hydrogens is 337 g/mol. The van der Waals surface area contributed by atoms with Crippen LogP contribution in [0.25, 0.3) is 0 Å². The Kier molecular flexibility index (Phi) is 6.41. The minimum absolute atomic E-state index is 0.455. The molecular formula is C23H26NOP. The van der Waals surface area contributed by atoms with Crippen molar-refractivity contribution >= 4 is 25.4 Å². The molecule has 26 heavy (non-hydrogen) atoms. The largest absolute Gasteiger partial charge is 0.492 e. The molecule has 2 aromatic rings. The highest BCUT2D eigenvalue weighted by Gasteiger charge is 2.13. The fraction of sp³-hybridized carbons (Fsp3) is 0.261. The predicted octanol–water partition coefficient (Wildman–Crippen LogP) is 4.49. The van der Waals surface area contributed by atoms with E-state index in [4.69, 9.17) is 4.74 Å². The zero-order valence-corrected chi connectivity index (χ0v) is 16.7. The van der Waals surface area contributed by atoms with Crippen molar-refractivity contribution in [3.63, 3.8) is 0 Å². The molecule has 1 aliphatic rings. The predicted molar refractivity (Wildman–Crippen MR) is 115 cm³/mol. The minimum Gasteiger partial charge on any atom is -0.492 e. The van der Waals surface area contributed by atoms with Crippen molar-refractivity contribution in [3.05, 3.63) is 77.4 Å².